The summed E-state index contributed by atoms with van der Waals surface area (Å²) in [4.78, 5) is 0. The highest BCUT2D eigenvalue weighted by Crippen LogP contribution is 2.24. The number of nitrogens with zero attached hydrogens (tertiary/aromatic N) is 1. The number of hydrogen-bond donors (Lipinski definition) is 1. The van der Waals surface area contributed by atoms with Gasteiger partial charge in [0.1, 0.15) is 11.9 Å². The Kier molecular flexibility index (Phi) is 4.17. The SMILES string of the molecule is Cc1ccccc1C(CN)Oc1cccc(C#N)c1. The van der Waals surface area contributed by atoms with E-state index < -0.39 is 0 Å². The average Bonchev–Trinajstić information content (AvgIpc) is 2.46. The standard InChI is InChI=1S/C16H16N2O/c1-12-5-2-3-8-15(12)16(11-18)19-14-7-4-6-13(9-14)10-17/h2-9,16H,11,18H2,1H3. The normalized spacial score (nSPS) is 11.6. The van der Waals surface area contributed by atoms with Crippen LogP contribution < -0.4 is 10.5 Å². The summed E-state index contributed by atoms with van der Waals surface area (Å²) in [6, 6.07) is 17.2. The van der Waals surface area contributed by atoms with E-state index in [1.807, 2.05) is 37.3 Å². The summed E-state index contributed by atoms with van der Waals surface area (Å²) < 4.78 is 5.90. The van der Waals surface area contributed by atoms with Crippen LogP contribution in [0.25, 0.3) is 0 Å². The quantitative estimate of drug-likeness (QED) is 0.910. The molecule has 0 bridgehead atoms. The maximum absolute atomic E-state index is 8.88. The van der Waals surface area contributed by atoms with E-state index in [2.05, 4.69) is 6.07 Å². The number of benzene rings is 2. The number of aryl methyl sites for hydroxylation is 1. The maximum Gasteiger partial charge on any atom is 0.136 e. The molecule has 2 aromatic carbocycles. The van der Waals surface area contributed by atoms with Gasteiger partial charge in [0.25, 0.3) is 0 Å². The number of ether oxygens (including phenoxy) is 1. The van der Waals surface area contributed by atoms with Crippen LogP contribution in [-0.2, 0) is 0 Å². The fraction of sp³-hybridized carbons (Fsp3) is 0.188. The zero-order valence-corrected chi connectivity index (χ0v) is 10.8. The third kappa shape index (κ3) is 3.12. The second-order valence-electron chi connectivity index (χ2n) is 4.34. The average molecular weight is 252 g/mol. The van der Waals surface area contributed by atoms with Gasteiger partial charge in [0.05, 0.1) is 11.6 Å². The Morgan fingerprint density at radius 2 is 2.00 bits per heavy atom. The van der Waals surface area contributed by atoms with E-state index in [-0.39, 0.29) is 6.10 Å². The number of nitriles is 1. The van der Waals surface area contributed by atoms with Crippen molar-refractivity contribution in [2.24, 2.45) is 5.73 Å². The van der Waals surface area contributed by atoms with Crippen LogP contribution in [-0.4, -0.2) is 6.54 Å². The maximum atomic E-state index is 8.88. The van der Waals surface area contributed by atoms with Crippen LogP contribution in [0.4, 0.5) is 0 Å². The second kappa shape index (κ2) is 6.03. The predicted octanol–water partition coefficient (Wildman–Crippen LogP) is 2.95. The number of hydrogen-bond acceptors (Lipinski definition) is 3. The molecule has 2 rings (SSSR count). The first-order valence-electron chi connectivity index (χ1n) is 6.17. The summed E-state index contributed by atoms with van der Waals surface area (Å²) in [5, 5.41) is 8.88. The molecule has 0 aliphatic carbocycles. The summed E-state index contributed by atoms with van der Waals surface area (Å²) in [7, 11) is 0. The summed E-state index contributed by atoms with van der Waals surface area (Å²) in [6.45, 7) is 2.43. The summed E-state index contributed by atoms with van der Waals surface area (Å²) in [5.41, 5.74) is 8.61. The van der Waals surface area contributed by atoms with Crippen molar-refractivity contribution >= 4 is 0 Å². The van der Waals surface area contributed by atoms with Crippen molar-refractivity contribution in [3.05, 3.63) is 65.2 Å². The van der Waals surface area contributed by atoms with E-state index in [1.165, 1.54) is 0 Å². The van der Waals surface area contributed by atoms with Gasteiger partial charge < -0.3 is 10.5 Å². The molecule has 1 unspecified atom stereocenters. The number of nitrogens with two attached hydrogens (primary N) is 1. The minimum atomic E-state index is -0.199. The molecule has 0 aliphatic rings. The Balaban J connectivity index is 2.24. The van der Waals surface area contributed by atoms with E-state index in [0.29, 0.717) is 17.9 Å². The van der Waals surface area contributed by atoms with Gasteiger partial charge in [-0.05, 0) is 36.2 Å². The lowest BCUT2D eigenvalue weighted by molar-refractivity contribution is 0.213. The Bertz CT molecular complexity index is 602. The molecule has 19 heavy (non-hydrogen) atoms. The highest BCUT2D eigenvalue weighted by molar-refractivity contribution is 5.37. The highest BCUT2D eigenvalue weighted by atomic mass is 16.5. The van der Waals surface area contributed by atoms with E-state index in [9.17, 15) is 0 Å². The topological polar surface area (TPSA) is 59.0 Å². The van der Waals surface area contributed by atoms with Gasteiger partial charge >= 0.3 is 0 Å². The van der Waals surface area contributed by atoms with Crippen molar-refractivity contribution in [1.29, 1.82) is 5.26 Å². The first kappa shape index (κ1) is 13.1. The van der Waals surface area contributed by atoms with E-state index in [1.54, 1.807) is 18.2 Å². The van der Waals surface area contributed by atoms with Crippen LogP contribution in [0.3, 0.4) is 0 Å². The fourth-order valence-electron chi connectivity index (χ4n) is 1.99. The van der Waals surface area contributed by atoms with E-state index in [4.69, 9.17) is 15.7 Å². The molecule has 0 fully saturated rings. The molecule has 2 N–H and O–H groups in total. The van der Waals surface area contributed by atoms with Crippen LogP contribution in [0.5, 0.6) is 5.75 Å². The third-order valence-electron chi connectivity index (χ3n) is 2.99. The van der Waals surface area contributed by atoms with Gasteiger partial charge in [0.2, 0.25) is 0 Å². The van der Waals surface area contributed by atoms with Gasteiger partial charge in [0.15, 0.2) is 0 Å². The molecule has 1 atom stereocenters. The lowest BCUT2D eigenvalue weighted by Gasteiger charge is -2.19. The number of rotatable bonds is 4. The molecular formula is C16H16N2O. The van der Waals surface area contributed by atoms with Crippen LogP contribution in [0.15, 0.2) is 48.5 Å². The third-order valence-corrected chi connectivity index (χ3v) is 2.99. The van der Waals surface area contributed by atoms with Gasteiger partial charge in [-0.2, -0.15) is 5.26 Å². The molecule has 0 aromatic heterocycles. The molecule has 0 spiro atoms. The van der Waals surface area contributed by atoms with Gasteiger partial charge in [-0.15, -0.1) is 0 Å². The Hall–Kier alpha value is -2.31. The molecule has 0 amide bonds. The fourth-order valence-corrected chi connectivity index (χ4v) is 1.99. The van der Waals surface area contributed by atoms with Crippen molar-refractivity contribution in [3.8, 4) is 11.8 Å². The van der Waals surface area contributed by atoms with Crippen molar-refractivity contribution in [2.45, 2.75) is 13.0 Å². The predicted molar refractivity (Wildman–Crippen MR) is 74.8 cm³/mol. The minimum Gasteiger partial charge on any atom is -0.484 e. The molecule has 3 heteroatoms. The van der Waals surface area contributed by atoms with E-state index >= 15 is 0 Å². The molecular weight excluding hydrogens is 236 g/mol. The van der Waals surface area contributed by atoms with Gasteiger partial charge in [-0.25, -0.2) is 0 Å². The van der Waals surface area contributed by atoms with Crippen molar-refractivity contribution in [2.75, 3.05) is 6.54 Å². The Morgan fingerprint density at radius 3 is 2.68 bits per heavy atom. The smallest absolute Gasteiger partial charge is 0.136 e. The summed E-state index contributed by atoms with van der Waals surface area (Å²) in [6.07, 6.45) is -0.199. The van der Waals surface area contributed by atoms with Crippen LogP contribution in [0.1, 0.15) is 22.8 Å². The molecule has 0 saturated carbocycles. The lowest BCUT2D eigenvalue weighted by atomic mass is 10.0. The first-order valence-corrected chi connectivity index (χ1v) is 6.17. The Morgan fingerprint density at radius 1 is 1.21 bits per heavy atom. The molecule has 0 aliphatic heterocycles. The first-order chi connectivity index (χ1) is 9.24. The van der Waals surface area contributed by atoms with E-state index in [0.717, 1.165) is 11.1 Å². The molecule has 0 saturated heterocycles. The summed E-state index contributed by atoms with van der Waals surface area (Å²) in [5.74, 6) is 0.665. The van der Waals surface area contributed by atoms with Crippen LogP contribution in [0, 0.1) is 18.3 Å². The van der Waals surface area contributed by atoms with Gasteiger partial charge in [0, 0.05) is 6.54 Å². The largest absolute Gasteiger partial charge is 0.484 e. The molecule has 3 nitrogen and oxygen atoms in total. The van der Waals surface area contributed by atoms with Gasteiger partial charge in [-0.1, -0.05) is 30.3 Å². The van der Waals surface area contributed by atoms with Crippen LogP contribution in [0.2, 0.25) is 0 Å². The summed E-state index contributed by atoms with van der Waals surface area (Å²) >= 11 is 0. The van der Waals surface area contributed by atoms with Crippen molar-refractivity contribution in [3.63, 3.8) is 0 Å². The zero-order valence-electron chi connectivity index (χ0n) is 10.8. The second-order valence-corrected chi connectivity index (χ2v) is 4.34. The monoisotopic (exact) mass is 252 g/mol. The Labute approximate surface area is 113 Å². The molecule has 0 radical (unpaired) electrons. The highest BCUT2D eigenvalue weighted by Gasteiger charge is 2.13. The molecule has 0 heterocycles. The zero-order chi connectivity index (χ0) is 13.7. The lowest BCUT2D eigenvalue weighted by Crippen LogP contribution is -2.19. The minimum absolute atomic E-state index is 0.199. The van der Waals surface area contributed by atoms with Gasteiger partial charge in [-0.3, -0.25) is 0 Å². The van der Waals surface area contributed by atoms with Crippen LogP contribution >= 0.6 is 0 Å². The molecule has 2 aromatic rings. The molecule has 96 valence electrons. The van der Waals surface area contributed by atoms with Crippen molar-refractivity contribution in [1.82, 2.24) is 0 Å². The van der Waals surface area contributed by atoms with Crippen molar-refractivity contribution < 1.29 is 4.74 Å².